The highest BCUT2D eigenvalue weighted by Crippen LogP contribution is 2.30. The van der Waals surface area contributed by atoms with Gasteiger partial charge in [0.15, 0.2) is 0 Å². The van der Waals surface area contributed by atoms with Crippen LogP contribution in [0.4, 0.5) is 13.2 Å². The number of nitrogens with zero attached hydrogens (tertiary/aromatic N) is 1. The van der Waals surface area contributed by atoms with Gasteiger partial charge in [-0.25, -0.2) is 9.78 Å². The number of carboxylic acids is 1. The fourth-order valence-electron chi connectivity index (χ4n) is 1.14. The molecule has 0 saturated heterocycles. The van der Waals surface area contributed by atoms with Gasteiger partial charge in [-0.1, -0.05) is 0 Å². The quantitative estimate of drug-likeness (QED) is 0.777. The van der Waals surface area contributed by atoms with Crippen LogP contribution in [0.5, 0.6) is 0 Å². The van der Waals surface area contributed by atoms with Gasteiger partial charge in [-0.3, -0.25) is 4.79 Å². The fourth-order valence-corrected chi connectivity index (χ4v) is 1.90. The van der Waals surface area contributed by atoms with Crippen molar-refractivity contribution in [1.29, 1.82) is 0 Å². The lowest BCUT2D eigenvalue weighted by atomic mass is 10.0. The third-order valence-corrected chi connectivity index (χ3v) is 3.55. The minimum Gasteiger partial charge on any atom is -0.479 e. The summed E-state index contributed by atoms with van der Waals surface area (Å²) >= 11 is 1.00. The smallest absolute Gasteiger partial charge is 0.422 e. The van der Waals surface area contributed by atoms with Gasteiger partial charge in [-0.05, 0) is 13.8 Å². The molecule has 0 saturated carbocycles. The summed E-state index contributed by atoms with van der Waals surface area (Å²) in [7, 11) is 0. The van der Waals surface area contributed by atoms with Gasteiger partial charge in [0.2, 0.25) is 5.54 Å². The molecule has 1 heterocycles. The molecular weight excluding hydrogens is 299 g/mol. The molecule has 0 fully saturated rings. The first-order chi connectivity index (χ1) is 8.99. The van der Waals surface area contributed by atoms with Crippen LogP contribution in [0.3, 0.4) is 0 Å². The predicted octanol–water partition coefficient (Wildman–Crippen LogP) is 1.30. The Morgan fingerprint density at radius 3 is 2.40 bits per heavy atom. The van der Waals surface area contributed by atoms with Crippen LogP contribution in [-0.4, -0.2) is 33.7 Å². The molecule has 0 aliphatic heterocycles. The second-order valence-electron chi connectivity index (χ2n) is 4.24. The predicted molar refractivity (Wildman–Crippen MR) is 64.3 cm³/mol. The molecule has 4 N–H and O–H groups in total. The summed E-state index contributed by atoms with van der Waals surface area (Å²) in [6.45, 7) is 1.96. The van der Waals surface area contributed by atoms with E-state index in [9.17, 15) is 22.8 Å². The number of carboxylic acid groups (broad SMARTS) is 1. The third kappa shape index (κ3) is 3.07. The van der Waals surface area contributed by atoms with Gasteiger partial charge < -0.3 is 16.2 Å². The van der Waals surface area contributed by atoms with E-state index in [0.29, 0.717) is 11.9 Å². The molecule has 1 aromatic rings. The summed E-state index contributed by atoms with van der Waals surface area (Å²) in [5.41, 5.74) is 1.82. The lowest BCUT2D eigenvalue weighted by Crippen LogP contribution is -2.61. The molecular formula is C10H12F3N3O3S. The lowest BCUT2D eigenvalue weighted by Gasteiger charge is -2.28. The standard InChI is InChI=1S/C10H12F3N3O3S/c1-4(14)7-15-5(3-20-7)6(17)16-9(2,8(18)19)10(11,12)13/h3-4H,14H2,1-2H3,(H,16,17)(H,18,19). The van der Waals surface area contributed by atoms with Gasteiger partial charge in [0, 0.05) is 5.38 Å². The number of amides is 1. The Morgan fingerprint density at radius 2 is 2.05 bits per heavy atom. The molecule has 112 valence electrons. The molecule has 6 nitrogen and oxygen atoms in total. The zero-order valence-corrected chi connectivity index (χ0v) is 11.3. The van der Waals surface area contributed by atoms with Gasteiger partial charge in [0.1, 0.15) is 10.7 Å². The maximum atomic E-state index is 12.7. The molecule has 0 spiro atoms. The summed E-state index contributed by atoms with van der Waals surface area (Å²) in [5, 5.41) is 11.7. The van der Waals surface area contributed by atoms with E-state index in [4.69, 9.17) is 10.8 Å². The van der Waals surface area contributed by atoms with Crippen LogP contribution in [0.2, 0.25) is 0 Å². The van der Waals surface area contributed by atoms with Crippen molar-refractivity contribution in [3.63, 3.8) is 0 Å². The van der Waals surface area contributed by atoms with Gasteiger partial charge in [-0.15, -0.1) is 11.3 Å². The normalized spacial score (nSPS) is 16.3. The Balaban J connectivity index is 3.00. The van der Waals surface area contributed by atoms with E-state index in [1.807, 2.05) is 0 Å². The number of alkyl halides is 3. The Morgan fingerprint density at radius 1 is 1.50 bits per heavy atom. The molecule has 1 amide bonds. The highest BCUT2D eigenvalue weighted by atomic mass is 32.1. The average Bonchev–Trinajstić information content (AvgIpc) is 2.76. The van der Waals surface area contributed by atoms with Crippen molar-refractivity contribution in [3.8, 4) is 0 Å². The topological polar surface area (TPSA) is 105 Å². The zero-order chi connectivity index (χ0) is 15.7. The van der Waals surface area contributed by atoms with E-state index in [2.05, 4.69) is 4.98 Å². The summed E-state index contributed by atoms with van der Waals surface area (Å²) in [4.78, 5) is 26.2. The third-order valence-electron chi connectivity index (χ3n) is 2.50. The second kappa shape index (κ2) is 5.37. The van der Waals surface area contributed by atoms with Gasteiger partial charge >= 0.3 is 12.1 Å². The number of hydrogen-bond acceptors (Lipinski definition) is 5. The molecule has 10 heteroatoms. The first kappa shape index (κ1) is 16.4. The van der Waals surface area contributed by atoms with E-state index in [1.165, 1.54) is 10.7 Å². The Hall–Kier alpha value is -1.68. The summed E-state index contributed by atoms with van der Waals surface area (Å²) in [5.74, 6) is -3.43. The number of halogens is 3. The molecule has 1 aromatic heterocycles. The van der Waals surface area contributed by atoms with Crippen LogP contribution in [0.15, 0.2) is 5.38 Å². The summed E-state index contributed by atoms with van der Waals surface area (Å²) in [6.07, 6.45) is -5.14. The average molecular weight is 311 g/mol. The number of carbonyl (C=O) groups excluding carboxylic acids is 1. The van der Waals surface area contributed by atoms with Crippen molar-refractivity contribution in [2.24, 2.45) is 5.73 Å². The van der Waals surface area contributed by atoms with Crippen molar-refractivity contribution < 1.29 is 27.9 Å². The van der Waals surface area contributed by atoms with Crippen LogP contribution in [0.1, 0.15) is 35.4 Å². The van der Waals surface area contributed by atoms with Crippen LogP contribution < -0.4 is 11.1 Å². The number of hydrogen-bond donors (Lipinski definition) is 3. The van der Waals surface area contributed by atoms with Crippen molar-refractivity contribution in [1.82, 2.24) is 10.3 Å². The first-order valence-electron chi connectivity index (χ1n) is 5.32. The number of rotatable bonds is 4. The SMILES string of the molecule is CC(N)c1nc(C(=O)NC(C)(C(=O)O)C(F)(F)F)cs1. The highest BCUT2D eigenvalue weighted by molar-refractivity contribution is 7.09. The van der Waals surface area contributed by atoms with E-state index in [-0.39, 0.29) is 5.69 Å². The molecule has 0 aliphatic carbocycles. The van der Waals surface area contributed by atoms with Crippen LogP contribution >= 0.6 is 11.3 Å². The lowest BCUT2D eigenvalue weighted by molar-refractivity contribution is -0.203. The Kier molecular flexibility index (Phi) is 4.39. The monoisotopic (exact) mass is 311 g/mol. The number of aromatic nitrogens is 1. The maximum Gasteiger partial charge on any atom is 0.422 e. The molecule has 2 unspecified atom stereocenters. The minimum absolute atomic E-state index is 0.306. The molecule has 20 heavy (non-hydrogen) atoms. The molecule has 0 radical (unpaired) electrons. The summed E-state index contributed by atoms with van der Waals surface area (Å²) in [6, 6.07) is -0.477. The highest BCUT2D eigenvalue weighted by Gasteiger charge is 2.58. The molecule has 1 rings (SSSR count). The van der Waals surface area contributed by atoms with Crippen LogP contribution in [0.25, 0.3) is 0 Å². The first-order valence-corrected chi connectivity index (χ1v) is 6.20. The van der Waals surface area contributed by atoms with Crippen molar-refractivity contribution in [2.75, 3.05) is 0 Å². The molecule has 2 atom stereocenters. The number of nitrogens with two attached hydrogens (primary N) is 1. The van der Waals surface area contributed by atoms with Gasteiger partial charge in [0.05, 0.1) is 6.04 Å². The molecule has 0 aliphatic rings. The van der Waals surface area contributed by atoms with E-state index in [1.54, 1.807) is 6.92 Å². The molecule has 0 aromatic carbocycles. The van der Waals surface area contributed by atoms with Gasteiger partial charge in [-0.2, -0.15) is 13.2 Å². The largest absolute Gasteiger partial charge is 0.479 e. The minimum atomic E-state index is -5.14. The van der Waals surface area contributed by atoms with E-state index >= 15 is 0 Å². The summed E-state index contributed by atoms with van der Waals surface area (Å²) < 4.78 is 38.2. The zero-order valence-electron chi connectivity index (χ0n) is 10.5. The number of carbonyl (C=O) groups is 2. The fraction of sp³-hybridized carbons (Fsp3) is 0.500. The second-order valence-corrected chi connectivity index (χ2v) is 5.13. The maximum absolute atomic E-state index is 12.7. The van der Waals surface area contributed by atoms with Crippen molar-refractivity contribution >= 4 is 23.2 Å². The van der Waals surface area contributed by atoms with E-state index < -0.39 is 29.6 Å². The number of thiazole rings is 1. The number of nitrogens with one attached hydrogen (secondary N) is 1. The van der Waals surface area contributed by atoms with E-state index in [0.717, 1.165) is 11.3 Å². The molecule has 0 bridgehead atoms. The van der Waals surface area contributed by atoms with Crippen molar-refractivity contribution in [3.05, 3.63) is 16.1 Å². The van der Waals surface area contributed by atoms with Crippen molar-refractivity contribution in [2.45, 2.75) is 31.6 Å². The number of aliphatic carboxylic acids is 1. The Labute approximate surface area is 115 Å². The van der Waals surface area contributed by atoms with Crippen LogP contribution in [0, 0.1) is 0 Å². The Bertz CT molecular complexity index is 529. The van der Waals surface area contributed by atoms with Gasteiger partial charge in [0.25, 0.3) is 5.91 Å². The van der Waals surface area contributed by atoms with Crippen LogP contribution in [-0.2, 0) is 4.79 Å².